The van der Waals surface area contributed by atoms with Crippen molar-refractivity contribution in [1.82, 2.24) is 0 Å². The Kier molecular flexibility index (Phi) is 2.85. The van der Waals surface area contributed by atoms with Gasteiger partial charge < -0.3 is 9.32 Å². The molecule has 2 heterocycles. The molecule has 2 aromatic rings. The molecule has 1 aromatic heterocycles. The first kappa shape index (κ1) is 12.0. The number of rotatable bonds is 1. The van der Waals surface area contributed by atoms with E-state index in [9.17, 15) is 9.18 Å². The minimum atomic E-state index is -0.265. The van der Waals surface area contributed by atoms with Crippen LogP contribution in [0.2, 0.25) is 0 Å². The van der Waals surface area contributed by atoms with E-state index < -0.39 is 0 Å². The van der Waals surface area contributed by atoms with E-state index >= 15 is 0 Å². The summed E-state index contributed by atoms with van der Waals surface area (Å²) in [4.78, 5) is 14.1. The average molecular weight is 259 g/mol. The molecule has 3 nitrogen and oxygen atoms in total. The van der Waals surface area contributed by atoms with Crippen molar-refractivity contribution in [2.45, 2.75) is 25.8 Å². The van der Waals surface area contributed by atoms with Crippen molar-refractivity contribution in [2.75, 3.05) is 4.90 Å². The molecular weight excluding hydrogens is 245 g/mol. The van der Waals surface area contributed by atoms with Gasteiger partial charge in [-0.1, -0.05) is 0 Å². The lowest BCUT2D eigenvalue weighted by atomic mass is 9.96. The van der Waals surface area contributed by atoms with Gasteiger partial charge in [0.25, 0.3) is 5.91 Å². The molecule has 0 bridgehead atoms. The monoisotopic (exact) mass is 259 g/mol. The Morgan fingerprint density at radius 2 is 2.26 bits per heavy atom. The van der Waals surface area contributed by atoms with Crippen LogP contribution in [0.4, 0.5) is 10.1 Å². The molecule has 3 rings (SSSR count). The number of aryl methyl sites for hydroxylation is 1. The number of hydrogen-bond donors (Lipinski definition) is 0. The van der Waals surface area contributed by atoms with Gasteiger partial charge in [-0.2, -0.15) is 0 Å². The van der Waals surface area contributed by atoms with Crippen LogP contribution in [0.3, 0.4) is 0 Å². The van der Waals surface area contributed by atoms with Gasteiger partial charge in [0.05, 0.1) is 6.26 Å². The van der Waals surface area contributed by atoms with Crippen molar-refractivity contribution in [3.05, 3.63) is 53.7 Å². The smallest absolute Gasteiger partial charge is 0.294 e. The summed E-state index contributed by atoms with van der Waals surface area (Å²) in [7, 11) is 0. The lowest BCUT2D eigenvalue weighted by molar-refractivity contribution is 0.0948. The zero-order valence-corrected chi connectivity index (χ0v) is 10.6. The van der Waals surface area contributed by atoms with E-state index in [0.717, 1.165) is 24.1 Å². The summed E-state index contributed by atoms with van der Waals surface area (Å²) in [6.07, 6.45) is 3.09. The van der Waals surface area contributed by atoms with Crippen LogP contribution in [0.25, 0.3) is 0 Å². The molecular formula is C15H14FNO2. The third-order valence-corrected chi connectivity index (χ3v) is 3.52. The molecule has 19 heavy (non-hydrogen) atoms. The lowest BCUT2D eigenvalue weighted by Crippen LogP contribution is -2.42. The quantitative estimate of drug-likeness (QED) is 0.786. The maximum atomic E-state index is 13.3. The Labute approximate surface area is 110 Å². The number of carbonyl (C=O) groups is 1. The molecule has 0 aliphatic carbocycles. The lowest BCUT2D eigenvalue weighted by Gasteiger charge is -2.34. The zero-order valence-electron chi connectivity index (χ0n) is 10.6. The van der Waals surface area contributed by atoms with E-state index in [0.29, 0.717) is 5.76 Å². The Hall–Kier alpha value is -2.10. The number of benzene rings is 1. The molecule has 0 saturated carbocycles. The molecule has 0 spiro atoms. The van der Waals surface area contributed by atoms with E-state index in [2.05, 4.69) is 0 Å². The normalized spacial score (nSPS) is 18.2. The molecule has 98 valence electrons. The van der Waals surface area contributed by atoms with Gasteiger partial charge in [-0.05, 0) is 55.7 Å². The first-order valence-corrected chi connectivity index (χ1v) is 6.32. The maximum Gasteiger partial charge on any atom is 0.294 e. The van der Waals surface area contributed by atoms with Crippen LogP contribution in [0.15, 0.2) is 41.0 Å². The van der Waals surface area contributed by atoms with E-state index in [1.807, 2.05) is 6.92 Å². The average Bonchev–Trinajstić information content (AvgIpc) is 2.92. The first-order valence-electron chi connectivity index (χ1n) is 6.32. The Morgan fingerprint density at radius 1 is 1.42 bits per heavy atom. The fourth-order valence-electron chi connectivity index (χ4n) is 2.55. The summed E-state index contributed by atoms with van der Waals surface area (Å²) >= 11 is 0. The third-order valence-electron chi connectivity index (χ3n) is 3.52. The van der Waals surface area contributed by atoms with Crippen molar-refractivity contribution in [1.29, 1.82) is 0 Å². The number of fused-ring (bicyclic) bond motifs is 1. The van der Waals surface area contributed by atoms with Crippen molar-refractivity contribution in [3.63, 3.8) is 0 Å². The fourth-order valence-corrected chi connectivity index (χ4v) is 2.55. The second kappa shape index (κ2) is 4.53. The molecule has 0 fully saturated rings. The highest BCUT2D eigenvalue weighted by atomic mass is 19.1. The SMILES string of the molecule is C[C@H]1CCc2cc(F)ccc2N1C(=O)c1ccco1. The highest BCUT2D eigenvalue weighted by Gasteiger charge is 2.30. The molecule has 1 aliphatic rings. The topological polar surface area (TPSA) is 33.5 Å². The van der Waals surface area contributed by atoms with Crippen LogP contribution in [0.5, 0.6) is 0 Å². The van der Waals surface area contributed by atoms with Gasteiger partial charge in [-0.15, -0.1) is 0 Å². The number of carbonyl (C=O) groups excluding carboxylic acids is 1. The van der Waals surface area contributed by atoms with E-state index in [1.165, 1.54) is 18.4 Å². The third kappa shape index (κ3) is 2.03. The summed E-state index contributed by atoms with van der Waals surface area (Å²) in [6.45, 7) is 1.99. The van der Waals surface area contributed by atoms with Crippen molar-refractivity contribution >= 4 is 11.6 Å². The van der Waals surface area contributed by atoms with Gasteiger partial charge in [0.15, 0.2) is 5.76 Å². The highest BCUT2D eigenvalue weighted by molar-refractivity contribution is 6.05. The minimum Gasteiger partial charge on any atom is -0.459 e. The number of anilines is 1. The molecule has 1 aromatic carbocycles. The van der Waals surface area contributed by atoms with Gasteiger partial charge in [0.2, 0.25) is 0 Å². The highest BCUT2D eigenvalue weighted by Crippen LogP contribution is 2.32. The molecule has 1 amide bonds. The largest absolute Gasteiger partial charge is 0.459 e. The molecule has 0 unspecified atom stereocenters. The number of nitrogens with zero attached hydrogens (tertiary/aromatic N) is 1. The van der Waals surface area contributed by atoms with E-state index in [1.54, 1.807) is 23.1 Å². The Morgan fingerprint density at radius 3 is 3.00 bits per heavy atom. The standard InChI is InChI=1S/C15H14FNO2/c1-10-4-5-11-9-12(16)6-7-13(11)17(10)15(18)14-3-2-8-19-14/h2-3,6-10H,4-5H2,1H3/t10-/m0/s1. The van der Waals surface area contributed by atoms with Crippen LogP contribution in [0, 0.1) is 5.82 Å². The molecule has 0 N–H and O–H groups in total. The minimum absolute atomic E-state index is 0.0792. The van der Waals surface area contributed by atoms with Gasteiger partial charge >= 0.3 is 0 Å². The summed E-state index contributed by atoms with van der Waals surface area (Å²) < 4.78 is 18.4. The number of hydrogen-bond acceptors (Lipinski definition) is 2. The number of furan rings is 1. The van der Waals surface area contributed by atoms with Crippen molar-refractivity contribution in [2.24, 2.45) is 0 Å². The van der Waals surface area contributed by atoms with Crippen molar-refractivity contribution in [3.8, 4) is 0 Å². The molecule has 1 aliphatic heterocycles. The second-order valence-corrected chi connectivity index (χ2v) is 4.81. The number of amides is 1. The number of halogens is 1. The summed E-state index contributed by atoms with van der Waals surface area (Å²) in [5.74, 6) is -0.132. The predicted molar refractivity (Wildman–Crippen MR) is 69.7 cm³/mol. The Balaban J connectivity index is 2.04. The second-order valence-electron chi connectivity index (χ2n) is 4.81. The van der Waals surface area contributed by atoms with Crippen LogP contribution >= 0.6 is 0 Å². The van der Waals surface area contributed by atoms with Gasteiger partial charge in [0, 0.05) is 11.7 Å². The molecule has 0 radical (unpaired) electrons. The van der Waals surface area contributed by atoms with E-state index in [-0.39, 0.29) is 17.8 Å². The Bertz CT molecular complexity index is 607. The van der Waals surface area contributed by atoms with Gasteiger partial charge in [0.1, 0.15) is 5.82 Å². The van der Waals surface area contributed by atoms with Crippen LogP contribution in [0.1, 0.15) is 29.5 Å². The molecule has 4 heteroatoms. The first-order chi connectivity index (χ1) is 9.16. The summed E-state index contributed by atoms with van der Waals surface area (Å²) in [5.41, 5.74) is 1.65. The zero-order chi connectivity index (χ0) is 13.4. The van der Waals surface area contributed by atoms with Gasteiger partial charge in [-0.25, -0.2) is 4.39 Å². The summed E-state index contributed by atoms with van der Waals surface area (Å²) in [5, 5.41) is 0. The van der Waals surface area contributed by atoms with Crippen LogP contribution < -0.4 is 4.90 Å². The van der Waals surface area contributed by atoms with E-state index in [4.69, 9.17) is 4.42 Å². The fraction of sp³-hybridized carbons (Fsp3) is 0.267. The molecule has 1 atom stereocenters. The van der Waals surface area contributed by atoms with Crippen molar-refractivity contribution < 1.29 is 13.6 Å². The van der Waals surface area contributed by atoms with Crippen LogP contribution in [-0.4, -0.2) is 11.9 Å². The van der Waals surface area contributed by atoms with Crippen LogP contribution in [-0.2, 0) is 6.42 Å². The molecule has 0 saturated heterocycles. The maximum absolute atomic E-state index is 13.3. The predicted octanol–water partition coefficient (Wildman–Crippen LogP) is 3.40. The van der Waals surface area contributed by atoms with Gasteiger partial charge in [-0.3, -0.25) is 4.79 Å². The summed E-state index contributed by atoms with van der Waals surface area (Å²) in [6, 6.07) is 7.97.